The van der Waals surface area contributed by atoms with E-state index in [1.54, 1.807) is 0 Å². The Morgan fingerprint density at radius 2 is 1.77 bits per heavy atom. The standard InChI is InChI=1S/C18H27NO3/c1-12(2)8-7-9-13(3)19-18(20)17-14(4)21-15-10-5-6-11-16(15)22-17/h5-6,10-14,17H,7-9H2,1-4H3,(H,19,20)/t13-,14+,17-/m0/s1. The van der Waals surface area contributed by atoms with Crippen molar-refractivity contribution >= 4 is 5.91 Å². The van der Waals surface area contributed by atoms with Gasteiger partial charge in [0.1, 0.15) is 6.10 Å². The average Bonchev–Trinajstić information content (AvgIpc) is 2.45. The van der Waals surface area contributed by atoms with Crippen LogP contribution in [0, 0.1) is 5.92 Å². The minimum absolute atomic E-state index is 0.0981. The lowest BCUT2D eigenvalue weighted by Crippen LogP contribution is -2.51. The molecule has 0 saturated carbocycles. The Balaban J connectivity index is 1.87. The summed E-state index contributed by atoms with van der Waals surface area (Å²) in [7, 11) is 0. The molecule has 1 aromatic rings. The van der Waals surface area contributed by atoms with Crippen LogP contribution in [-0.4, -0.2) is 24.2 Å². The summed E-state index contributed by atoms with van der Waals surface area (Å²) in [5, 5.41) is 3.04. The summed E-state index contributed by atoms with van der Waals surface area (Å²) < 4.78 is 11.6. The van der Waals surface area contributed by atoms with Crippen LogP contribution in [0.25, 0.3) is 0 Å². The number of para-hydroxylation sites is 2. The van der Waals surface area contributed by atoms with E-state index in [4.69, 9.17) is 9.47 Å². The summed E-state index contributed by atoms with van der Waals surface area (Å²) >= 11 is 0. The molecule has 0 unspecified atom stereocenters. The van der Waals surface area contributed by atoms with Gasteiger partial charge in [0.2, 0.25) is 6.10 Å². The minimum Gasteiger partial charge on any atom is -0.482 e. The van der Waals surface area contributed by atoms with Gasteiger partial charge >= 0.3 is 0 Å². The first-order valence-electron chi connectivity index (χ1n) is 8.20. The van der Waals surface area contributed by atoms with Crippen LogP contribution >= 0.6 is 0 Å². The van der Waals surface area contributed by atoms with Gasteiger partial charge in [-0.05, 0) is 38.3 Å². The normalized spacial score (nSPS) is 21.5. The molecule has 0 spiro atoms. The second-order valence-corrected chi connectivity index (χ2v) is 6.54. The molecule has 0 fully saturated rings. The maximum Gasteiger partial charge on any atom is 0.265 e. The first-order valence-corrected chi connectivity index (χ1v) is 8.20. The minimum atomic E-state index is -0.595. The van der Waals surface area contributed by atoms with Crippen molar-refractivity contribution in [3.05, 3.63) is 24.3 Å². The van der Waals surface area contributed by atoms with Gasteiger partial charge in [-0.3, -0.25) is 4.79 Å². The molecular formula is C18H27NO3. The number of carbonyl (C=O) groups excluding carboxylic acids is 1. The van der Waals surface area contributed by atoms with Crippen LogP contribution in [0.2, 0.25) is 0 Å². The van der Waals surface area contributed by atoms with Gasteiger partial charge in [0, 0.05) is 6.04 Å². The number of ether oxygens (including phenoxy) is 2. The predicted molar refractivity (Wildman–Crippen MR) is 87.2 cm³/mol. The van der Waals surface area contributed by atoms with Gasteiger partial charge in [-0.1, -0.05) is 38.8 Å². The number of amides is 1. The fourth-order valence-corrected chi connectivity index (χ4v) is 2.64. The molecule has 0 saturated heterocycles. The maximum absolute atomic E-state index is 12.4. The van der Waals surface area contributed by atoms with Gasteiger partial charge in [0.05, 0.1) is 0 Å². The second kappa shape index (κ2) is 7.52. The zero-order chi connectivity index (χ0) is 16.1. The second-order valence-electron chi connectivity index (χ2n) is 6.54. The van der Waals surface area contributed by atoms with E-state index in [1.165, 1.54) is 6.42 Å². The third-order valence-electron chi connectivity index (χ3n) is 3.91. The molecule has 1 aliphatic rings. The van der Waals surface area contributed by atoms with Crippen molar-refractivity contribution in [2.45, 2.75) is 65.2 Å². The Kier molecular flexibility index (Phi) is 5.69. The predicted octanol–water partition coefficient (Wildman–Crippen LogP) is 3.55. The van der Waals surface area contributed by atoms with Crippen LogP contribution in [0.15, 0.2) is 24.3 Å². The first-order chi connectivity index (χ1) is 10.5. The molecule has 0 bridgehead atoms. The number of carbonyl (C=O) groups is 1. The third kappa shape index (κ3) is 4.39. The molecule has 2 rings (SSSR count). The fourth-order valence-electron chi connectivity index (χ4n) is 2.64. The van der Waals surface area contributed by atoms with Crippen LogP contribution < -0.4 is 14.8 Å². The molecule has 0 radical (unpaired) electrons. The smallest absolute Gasteiger partial charge is 0.265 e. The number of hydrogen-bond acceptors (Lipinski definition) is 3. The quantitative estimate of drug-likeness (QED) is 0.874. The van der Waals surface area contributed by atoms with E-state index in [9.17, 15) is 4.79 Å². The number of rotatable bonds is 6. The van der Waals surface area contributed by atoms with Crippen molar-refractivity contribution < 1.29 is 14.3 Å². The summed E-state index contributed by atoms with van der Waals surface area (Å²) in [4.78, 5) is 12.4. The number of benzene rings is 1. The van der Waals surface area contributed by atoms with E-state index in [1.807, 2.05) is 38.1 Å². The zero-order valence-electron chi connectivity index (χ0n) is 14.0. The lowest BCUT2D eigenvalue weighted by atomic mass is 10.0. The number of hydrogen-bond donors (Lipinski definition) is 1. The van der Waals surface area contributed by atoms with Crippen LogP contribution in [0.1, 0.15) is 47.0 Å². The highest BCUT2D eigenvalue weighted by molar-refractivity contribution is 5.82. The topological polar surface area (TPSA) is 47.6 Å². The molecule has 1 amide bonds. The fraction of sp³-hybridized carbons (Fsp3) is 0.611. The van der Waals surface area contributed by atoms with Gasteiger partial charge < -0.3 is 14.8 Å². The maximum atomic E-state index is 12.4. The summed E-state index contributed by atoms with van der Waals surface area (Å²) in [5.41, 5.74) is 0. The van der Waals surface area contributed by atoms with E-state index >= 15 is 0 Å². The van der Waals surface area contributed by atoms with Crippen molar-refractivity contribution in [3.63, 3.8) is 0 Å². The SMILES string of the molecule is CC(C)CCC[C@H](C)NC(=O)[C@H]1Oc2ccccc2O[C@@H]1C. The Bertz CT molecular complexity index is 501. The molecule has 1 aliphatic heterocycles. The van der Waals surface area contributed by atoms with Crippen LogP contribution in [-0.2, 0) is 4.79 Å². The van der Waals surface area contributed by atoms with E-state index in [-0.39, 0.29) is 18.1 Å². The third-order valence-corrected chi connectivity index (χ3v) is 3.91. The van der Waals surface area contributed by atoms with Gasteiger partial charge in [-0.15, -0.1) is 0 Å². The zero-order valence-corrected chi connectivity index (χ0v) is 14.0. The summed E-state index contributed by atoms with van der Waals surface area (Å²) in [6.45, 7) is 8.34. The van der Waals surface area contributed by atoms with Gasteiger partial charge in [-0.2, -0.15) is 0 Å². The molecule has 22 heavy (non-hydrogen) atoms. The Labute approximate surface area is 133 Å². The highest BCUT2D eigenvalue weighted by Crippen LogP contribution is 2.33. The molecule has 0 aliphatic carbocycles. The first kappa shape index (κ1) is 16.7. The molecule has 122 valence electrons. The summed E-state index contributed by atoms with van der Waals surface area (Å²) in [6.07, 6.45) is 2.41. The number of fused-ring (bicyclic) bond motifs is 1. The van der Waals surface area contributed by atoms with Gasteiger partial charge in [0.25, 0.3) is 5.91 Å². The largest absolute Gasteiger partial charge is 0.482 e. The molecule has 4 heteroatoms. The lowest BCUT2D eigenvalue weighted by molar-refractivity contribution is -0.134. The van der Waals surface area contributed by atoms with Crippen molar-refractivity contribution in [2.75, 3.05) is 0 Å². The van der Waals surface area contributed by atoms with E-state index in [2.05, 4.69) is 19.2 Å². The molecular weight excluding hydrogens is 278 g/mol. The van der Waals surface area contributed by atoms with Gasteiger partial charge in [0.15, 0.2) is 11.5 Å². The molecule has 1 aromatic carbocycles. The monoisotopic (exact) mass is 305 g/mol. The Morgan fingerprint density at radius 3 is 2.41 bits per heavy atom. The molecule has 4 nitrogen and oxygen atoms in total. The van der Waals surface area contributed by atoms with E-state index < -0.39 is 6.10 Å². The Hall–Kier alpha value is -1.71. The summed E-state index contributed by atoms with van der Waals surface area (Å²) in [6, 6.07) is 7.61. The van der Waals surface area contributed by atoms with Crippen LogP contribution in [0.5, 0.6) is 11.5 Å². The Morgan fingerprint density at radius 1 is 1.14 bits per heavy atom. The highest BCUT2D eigenvalue weighted by Gasteiger charge is 2.34. The van der Waals surface area contributed by atoms with Crippen LogP contribution in [0.3, 0.4) is 0 Å². The molecule has 1 N–H and O–H groups in total. The van der Waals surface area contributed by atoms with Crippen molar-refractivity contribution in [2.24, 2.45) is 5.92 Å². The molecule has 1 heterocycles. The van der Waals surface area contributed by atoms with E-state index in [0.717, 1.165) is 12.8 Å². The van der Waals surface area contributed by atoms with Crippen molar-refractivity contribution in [1.82, 2.24) is 5.32 Å². The lowest BCUT2D eigenvalue weighted by Gasteiger charge is -2.31. The molecule has 3 atom stereocenters. The summed E-state index contributed by atoms with van der Waals surface area (Å²) in [5.74, 6) is 1.94. The van der Waals surface area contributed by atoms with Crippen LogP contribution in [0.4, 0.5) is 0 Å². The average molecular weight is 305 g/mol. The highest BCUT2D eigenvalue weighted by atomic mass is 16.6. The molecule has 0 aromatic heterocycles. The van der Waals surface area contributed by atoms with Crippen molar-refractivity contribution in [3.8, 4) is 11.5 Å². The van der Waals surface area contributed by atoms with Crippen molar-refractivity contribution in [1.29, 1.82) is 0 Å². The van der Waals surface area contributed by atoms with E-state index in [0.29, 0.717) is 17.4 Å². The van der Waals surface area contributed by atoms with Gasteiger partial charge in [-0.25, -0.2) is 0 Å². The number of nitrogens with one attached hydrogen (secondary N) is 1.